The molecule has 0 bridgehead atoms. The smallest absolute Gasteiger partial charge is 0.306 e. The highest BCUT2D eigenvalue weighted by molar-refractivity contribution is 5.79. The Kier molecular flexibility index (Phi) is 4.88. The third kappa shape index (κ3) is 4.39. The number of rotatable bonds is 6. The van der Waals surface area contributed by atoms with E-state index < -0.39 is 11.9 Å². The molecule has 0 radical (unpaired) electrons. The van der Waals surface area contributed by atoms with Crippen LogP contribution in [0.2, 0.25) is 0 Å². The Balaban J connectivity index is 2.67. The summed E-state index contributed by atoms with van der Waals surface area (Å²) in [7, 11) is 0. The normalized spacial score (nSPS) is 14.0. The van der Waals surface area contributed by atoms with Crippen molar-refractivity contribution >= 4 is 11.8 Å². The fourth-order valence-electron chi connectivity index (χ4n) is 1.76. The number of hydrogen-bond acceptors (Lipinski definition) is 2. The molecule has 0 saturated carbocycles. The van der Waals surface area contributed by atoms with Crippen LogP contribution in [0.5, 0.6) is 0 Å². The van der Waals surface area contributed by atoms with Gasteiger partial charge < -0.3 is 5.11 Å². The topological polar surface area (TPSA) is 54.4 Å². The van der Waals surface area contributed by atoms with Gasteiger partial charge in [-0.2, -0.15) is 0 Å². The predicted octanol–water partition coefficient (Wildman–Crippen LogP) is 2.55. The van der Waals surface area contributed by atoms with Crippen molar-refractivity contribution in [1.29, 1.82) is 0 Å². The molecule has 0 spiro atoms. The molecule has 3 nitrogen and oxygen atoms in total. The van der Waals surface area contributed by atoms with Crippen molar-refractivity contribution in [3.05, 3.63) is 35.9 Å². The molecule has 1 N–H and O–H groups in total. The van der Waals surface area contributed by atoms with E-state index in [-0.39, 0.29) is 11.7 Å². The molecular weight excluding hydrogens is 216 g/mol. The van der Waals surface area contributed by atoms with E-state index in [0.29, 0.717) is 12.8 Å². The zero-order valence-electron chi connectivity index (χ0n) is 10.2. The second-order valence-corrected chi connectivity index (χ2v) is 4.47. The van der Waals surface area contributed by atoms with E-state index in [1.54, 1.807) is 6.92 Å². The van der Waals surface area contributed by atoms with Gasteiger partial charge in [-0.25, -0.2) is 0 Å². The molecule has 0 aliphatic rings. The van der Waals surface area contributed by atoms with Crippen molar-refractivity contribution in [3.63, 3.8) is 0 Å². The fraction of sp³-hybridized carbons (Fsp3) is 0.429. The van der Waals surface area contributed by atoms with Gasteiger partial charge in [0.25, 0.3) is 0 Å². The maximum atomic E-state index is 11.2. The SMILES string of the molecule is CC(=O)C(C)CC(Cc1ccccc1)C(=O)O. The zero-order chi connectivity index (χ0) is 12.8. The molecule has 17 heavy (non-hydrogen) atoms. The van der Waals surface area contributed by atoms with Gasteiger partial charge in [-0.15, -0.1) is 0 Å². The van der Waals surface area contributed by atoms with Gasteiger partial charge >= 0.3 is 5.97 Å². The number of carboxylic acid groups (broad SMARTS) is 1. The minimum Gasteiger partial charge on any atom is -0.481 e. The number of carboxylic acids is 1. The molecule has 1 aromatic rings. The summed E-state index contributed by atoms with van der Waals surface area (Å²) in [4.78, 5) is 22.3. The first kappa shape index (κ1) is 13.4. The van der Waals surface area contributed by atoms with E-state index in [1.165, 1.54) is 6.92 Å². The van der Waals surface area contributed by atoms with Crippen LogP contribution in [0, 0.1) is 11.8 Å². The number of benzene rings is 1. The van der Waals surface area contributed by atoms with Crippen molar-refractivity contribution in [2.45, 2.75) is 26.7 Å². The molecule has 2 unspecified atom stereocenters. The average molecular weight is 234 g/mol. The number of aliphatic carboxylic acids is 1. The molecule has 1 aromatic carbocycles. The molecule has 0 heterocycles. The first-order chi connectivity index (χ1) is 8.00. The third-order valence-corrected chi connectivity index (χ3v) is 3.01. The molecule has 92 valence electrons. The molecule has 0 fully saturated rings. The van der Waals surface area contributed by atoms with Gasteiger partial charge in [0, 0.05) is 5.92 Å². The van der Waals surface area contributed by atoms with E-state index in [4.69, 9.17) is 5.11 Å². The maximum Gasteiger partial charge on any atom is 0.306 e. The summed E-state index contributed by atoms with van der Waals surface area (Å²) >= 11 is 0. The molecule has 0 amide bonds. The van der Waals surface area contributed by atoms with Gasteiger partial charge in [0.2, 0.25) is 0 Å². The van der Waals surface area contributed by atoms with E-state index in [0.717, 1.165) is 5.56 Å². The molecular formula is C14H18O3. The van der Waals surface area contributed by atoms with E-state index in [9.17, 15) is 9.59 Å². The largest absolute Gasteiger partial charge is 0.481 e. The van der Waals surface area contributed by atoms with Crippen LogP contribution in [0.15, 0.2) is 30.3 Å². The number of carbonyl (C=O) groups excluding carboxylic acids is 1. The standard InChI is InChI=1S/C14H18O3/c1-10(11(2)15)8-13(14(16)17)9-12-6-4-3-5-7-12/h3-7,10,13H,8-9H2,1-2H3,(H,16,17). The summed E-state index contributed by atoms with van der Waals surface area (Å²) in [6.07, 6.45) is 0.882. The highest BCUT2D eigenvalue weighted by Gasteiger charge is 2.22. The number of hydrogen-bond donors (Lipinski definition) is 1. The molecule has 1 rings (SSSR count). The number of carbonyl (C=O) groups is 2. The summed E-state index contributed by atoms with van der Waals surface area (Å²) in [5.74, 6) is -1.47. The van der Waals surface area contributed by atoms with Gasteiger partial charge in [0.1, 0.15) is 5.78 Å². The van der Waals surface area contributed by atoms with Crippen molar-refractivity contribution < 1.29 is 14.7 Å². The minimum absolute atomic E-state index is 0.0457. The highest BCUT2D eigenvalue weighted by Crippen LogP contribution is 2.18. The first-order valence-electron chi connectivity index (χ1n) is 5.78. The van der Waals surface area contributed by atoms with Crippen LogP contribution in [0.25, 0.3) is 0 Å². The van der Waals surface area contributed by atoms with Crippen LogP contribution in [-0.4, -0.2) is 16.9 Å². The third-order valence-electron chi connectivity index (χ3n) is 3.01. The Bertz CT molecular complexity index is 384. The molecule has 2 atom stereocenters. The molecule has 0 aliphatic carbocycles. The van der Waals surface area contributed by atoms with E-state index in [1.807, 2.05) is 30.3 Å². The first-order valence-corrected chi connectivity index (χ1v) is 5.78. The van der Waals surface area contributed by atoms with Crippen molar-refractivity contribution in [1.82, 2.24) is 0 Å². The Morgan fingerprint density at radius 3 is 2.29 bits per heavy atom. The second kappa shape index (κ2) is 6.18. The lowest BCUT2D eigenvalue weighted by Gasteiger charge is -2.15. The molecule has 3 heteroatoms. The van der Waals surface area contributed by atoms with Crippen molar-refractivity contribution in [2.24, 2.45) is 11.8 Å². The Morgan fingerprint density at radius 1 is 1.24 bits per heavy atom. The summed E-state index contributed by atoms with van der Waals surface area (Å²) < 4.78 is 0. The lowest BCUT2D eigenvalue weighted by Crippen LogP contribution is -2.22. The van der Waals surface area contributed by atoms with Crippen molar-refractivity contribution in [3.8, 4) is 0 Å². The summed E-state index contributed by atoms with van der Waals surface area (Å²) in [5, 5.41) is 9.15. The lowest BCUT2D eigenvalue weighted by molar-refractivity contribution is -0.142. The highest BCUT2D eigenvalue weighted by atomic mass is 16.4. The predicted molar refractivity (Wildman–Crippen MR) is 65.7 cm³/mol. The zero-order valence-corrected chi connectivity index (χ0v) is 10.2. The van der Waals surface area contributed by atoms with Crippen LogP contribution in [-0.2, 0) is 16.0 Å². The van der Waals surface area contributed by atoms with Crippen LogP contribution in [0.1, 0.15) is 25.8 Å². The quantitative estimate of drug-likeness (QED) is 0.823. The van der Waals surface area contributed by atoms with Crippen LogP contribution < -0.4 is 0 Å². The van der Waals surface area contributed by atoms with Gasteiger partial charge in [0.15, 0.2) is 0 Å². The lowest BCUT2D eigenvalue weighted by atomic mass is 9.89. The summed E-state index contributed by atoms with van der Waals surface area (Å²) in [5.41, 5.74) is 0.996. The summed E-state index contributed by atoms with van der Waals surface area (Å²) in [6.45, 7) is 3.29. The molecule has 0 aromatic heterocycles. The van der Waals surface area contributed by atoms with Crippen LogP contribution in [0.3, 0.4) is 0 Å². The summed E-state index contributed by atoms with van der Waals surface area (Å²) in [6, 6.07) is 9.51. The molecule has 0 aliphatic heterocycles. The van der Waals surface area contributed by atoms with Gasteiger partial charge in [-0.3, -0.25) is 9.59 Å². The van der Waals surface area contributed by atoms with Gasteiger partial charge in [-0.1, -0.05) is 37.3 Å². The molecule has 0 saturated heterocycles. The number of ketones is 1. The van der Waals surface area contributed by atoms with Crippen molar-refractivity contribution in [2.75, 3.05) is 0 Å². The van der Waals surface area contributed by atoms with E-state index in [2.05, 4.69) is 0 Å². The minimum atomic E-state index is -0.832. The van der Waals surface area contributed by atoms with Gasteiger partial charge in [0.05, 0.1) is 5.92 Å². The van der Waals surface area contributed by atoms with E-state index >= 15 is 0 Å². The van der Waals surface area contributed by atoms with Crippen LogP contribution >= 0.6 is 0 Å². The van der Waals surface area contributed by atoms with Crippen LogP contribution in [0.4, 0.5) is 0 Å². The number of Topliss-reactive ketones (excluding diaryl/α,β-unsaturated/α-hetero) is 1. The average Bonchev–Trinajstić information content (AvgIpc) is 2.29. The fourth-order valence-corrected chi connectivity index (χ4v) is 1.76. The Hall–Kier alpha value is -1.64. The Morgan fingerprint density at radius 2 is 1.82 bits per heavy atom. The monoisotopic (exact) mass is 234 g/mol. The van der Waals surface area contributed by atoms with Gasteiger partial charge in [-0.05, 0) is 25.3 Å². The maximum absolute atomic E-state index is 11.2. The Labute approximate surface area is 101 Å². The second-order valence-electron chi connectivity index (χ2n) is 4.47.